The number of urea groups is 1. The first-order valence-corrected chi connectivity index (χ1v) is 7.78. The predicted octanol–water partition coefficient (Wildman–Crippen LogP) is 1.61. The van der Waals surface area contributed by atoms with Crippen molar-refractivity contribution in [3.63, 3.8) is 0 Å². The third kappa shape index (κ3) is 5.20. The third-order valence-electron chi connectivity index (χ3n) is 3.05. The lowest BCUT2D eigenvalue weighted by Crippen LogP contribution is -2.40. The second-order valence-corrected chi connectivity index (χ2v) is 5.78. The van der Waals surface area contributed by atoms with Gasteiger partial charge in [0.1, 0.15) is 0 Å². The average Bonchev–Trinajstić information content (AvgIpc) is 3.15. The minimum Gasteiger partial charge on any atom is -0.387 e. The van der Waals surface area contributed by atoms with Gasteiger partial charge >= 0.3 is 6.03 Å². The van der Waals surface area contributed by atoms with Gasteiger partial charge in [0.15, 0.2) is 0 Å². The molecular formula is C14H20N4O2S. The predicted molar refractivity (Wildman–Crippen MR) is 82.1 cm³/mol. The Morgan fingerprint density at radius 1 is 1.48 bits per heavy atom. The van der Waals surface area contributed by atoms with Crippen molar-refractivity contribution in [2.24, 2.45) is 5.92 Å². The minimum atomic E-state index is -0.663. The summed E-state index contributed by atoms with van der Waals surface area (Å²) in [6.07, 6.45) is 2.97. The van der Waals surface area contributed by atoms with E-state index in [-0.39, 0.29) is 18.5 Å². The van der Waals surface area contributed by atoms with Crippen LogP contribution in [0.4, 0.5) is 4.79 Å². The SMILES string of the molecule is CC(CNC(=O)NCC(O)c1ccsc1)Cn1cccn1. The Balaban J connectivity index is 1.63. The number of nitrogens with zero attached hydrogens (tertiary/aromatic N) is 2. The van der Waals surface area contributed by atoms with Crippen LogP contribution in [0.25, 0.3) is 0 Å². The highest BCUT2D eigenvalue weighted by molar-refractivity contribution is 7.07. The molecule has 2 amide bonds. The van der Waals surface area contributed by atoms with E-state index in [2.05, 4.69) is 15.7 Å². The molecule has 2 unspecified atom stereocenters. The van der Waals surface area contributed by atoms with E-state index in [1.807, 2.05) is 40.7 Å². The van der Waals surface area contributed by atoms with Gasteiger partial charge in [0.2, 0.25) is 0 Å². The number of aliphatic hydroxyl groups excluding tert-OH is 1. The Labute approximate surface area is 127 Å². The molecule has 2 aromatic rings. The van der Waals surface area contributed by atoms with Gasteiger partial charge < -0.3 is 15.7 Å². The molecule has 2 heterocycles. The highest BCUT2D eigenvalue weighted by atomic mass is 32.1. The van der Waals surface area contributed by atoms with Gasteiger partial charge in [-0.15, -0.1) is 0 Å². The number of rotatable bonds is 7. The molecule has 0 aromatic carbocycles. The normalized spacial score (nSPS) is 13.6. The van der Waals surface area contributed by atoms with Crippen molar-refractivity contribution in [3.05, 3.63) is 40.8 Å². The van der Waals surface area contributed by atoms with Crippen molar-refractivity contribution in [2.45, 2.75) is 19.6 Å². The standard InChI is InChI=1S/C14H20N4O2S/c1-11(9-18-5-2-4-17-18)7-15-14(20)16-8-13(19)12-3-6-21-10-12/h2-6,10-11,13,19H,7-9H2,1H3,(H2,15,16,20). The summed E-state index contributed by atoms with van der Waals surface area (Å²) in [6.45, 7) is 3.56. The second kappa shape index (κ2) is 7.80. The zero-order valence-electron chi connectivity index (χ0n) is 11.9. The van der Waals surface area contributed by atoms with Crippen molar-refractivity contribution in [3.8, 4) is 0 Å². The van der Waals surface area contributed by atoms with Gasteiger partial charge in [-0.3, -0.25) is 4.68 Å². The summed E-state index contributed by atoms with van der Waals surface area (Å²) >= 11 is 1.52. The van der Waals surface area contributed by atoms with Crippen molar-refractivity contribution < 1.29 is 9.90 Å². The van der Waals surface area contributed by atoms with E-state index in [4.69, 9.17) is 0 Å². The first kappa shape index (κ1) is 15.5. The Bertz CT molecular complexity index is 527. The van der Waals surface area contributed by atoms with Gasteiger partial charge in [-0.1, -0.05) is 6.92 Å². The fourth-order valence-electron chi connectivity index (χ4n) is 1.89. The maximum absolute atomic E-state index is 11.7. The zero-order chi connectivity index (χ0) is 15.1. The van der Waals surface area contributed by atoms with E-state index in [1.165, 1.54) is 11.3 Å². The number of carbonyl (C=O) groups is 1. The first-order valence-electron chi connectivity index (χ1n) is 6.84. The number of nitrogens with one attached hydrogen (secondary N) is 2. The molecule has 0 spiro atoms. The van der Waals surface area contributed by atoms with Gasteiger partial charge in [0, 0.05) is 32.0 Å². The molecule has 0 saturated carbocycles. The molecule has 2 rings (SSSR count). The Morgan fingerprint density at radius 3 is 2.95 bits per heavy atom. The van der Waals surface area contributed by atoms with Gasteiger partial charge in [0.05, 0.1) is 6.10 Å². The maximum atomic E-state index is 11.7. The Morgan fingerprint density at radius 2 is 2.29 bits per heavy atom. The summed E-state index contributed by atoms with van der Waals surface area (Å²) in [5.74, 6) is 0.275. The van der Waals surface area contributed by atoms with Crippen molar-refractivity contribution >= 4 is 17.4 Å². The number of amides is 2. The summed E-state index contributed by atoms with van der Waals surface area (Å²) in [6, 6.07) is 3.45. The molecule has 7 heteroatoms. The zero-order valence-corrected chi connectivity index (χ0v) is 12.7. The highest BCUT2D eigenvalue weighted by Gasteiger charge is 2.10. The lowest BCUT2D eigenvalue weighted by molar-refractivity contribution is 0.173. The second-order valence-electron chi connectivity index (χ2n) is 5.00. The fourth-order valence-corrected chi connectivity index (χ4v) is 2.60. The van der Waals surface area contributed by atoms with E-state index in [0.717, 1.165) is 12.1 Å². The molecule has 6 nitrogen and oxygen atoms in total. The molecule has 0 aliphatic carbocycles. The van der Waals surface area contributed by atoms with Crippen LogP contribution in [0.2, 0.25) is 0 Å². The van der Waals surface area contributed by atoms with Crippen LogP contribution in [0.3, 0.4) is 0 Å². The largest absolute Gasteiger partial charge is 0.387 e. The molecule has 114 valence electrons. The molecular weight excluding hydrogens is 288 g/mol. The van der Waals surface area contributed by atoms with Gasteiger partial charge in [0.25, 0.3) is 0 Å². The smallest absolute Gasteiger partial charge is 0.314 e. The number of hydrogen-bond donors (Lipinski definition) is 3. The quantitative estimate of drug-likeness (QED) is 0.727. The lowest BCUT2D eigenvalue weighted by atomic mass is 10.2. The Hall–Kier alpha value is -1.86. The molecule has 0 aliphatic heterocycles. The van der Waals surface area contributed by atoms with Crippen molar-refractivity contribution in [1.82, 2.24) is 20.4 Å². The highest BCUT2D eigenvalue weighted by Crippen LogP contribution is 2.14. The summed E-state index contributed by atoms with van der Waals surface area (Å²) in [5.41, 5.74) is 0.826. The van der Waals surface area contributed by atoms with Crippen molar-refractivity contribution in [1.29, 1.82) is 0 Å². The van der Waals surface area contributed by atoms with Crippen LogP contribution >= 0.6 is 11.3 Å². The molecule has 0 bridgehead atoms. The summed E-state index contributed by atoms with van der Waals surface area (Å²) in [7, 11) is 0. The molecule has 0 saturated heterocycles. The molecule has 2 aromatic heterocycles. The van der Waals surface area contributed by atoms with Crippen LogP contribution in [0.1, 0.15) is 18.6 Å². The topological polar surface area (TPSA) is 79.2 Å². The van der Waals surface area contributed by atoms with E-state index in [1.54, 1.807) is 6.20 Å². The van der Waals surface area contributed by atoms with Gasteiger partial charge in [-0.05, 0) is 34.4 Å². The minimum absolute atomic E-state index is 0.204. The first-order chi connectivity index (χ1) is 10.1. The number of thiophene rings is 1. The number of hydrogen-bond acceptors (Lipinski definition) is 4. The fraction of sp³-hybridized carbons (Fsp3) is 0.429. The molecule has 2 atom stereocenters. The molecule has 0 fully saturated rings. The summed E-state index contributed by atoms with van der Waals surface area (Å²) in [4.78, 5) is 11.7. The van der Waals surface area contributed by atoms with Crippen LogP contribution in [0, 0.1) is 5.92 Å². The van der Waals surface area contributed by atoms with Crippen LogP contribution in [-0.4, -0.2) is 34.0 Å². The molecule has 0 aliphatic rings. The van der Waals surface area contributed by atoms with E-state index < -0.39 is 6.10 Å². The van der Waals surface area contributed by atoms with E-state index >= 15 is 0 Å². The Kier molecular flexibility index (Phi) is 5.77. The van der Waals surface area contributed by atoms with Gasteiger partial charge in [-0.2, -0.15) is 16.4 Å². The summed E-state index contributed by atoms with van der Waals surface area (Å²) in [5, 5.41) is 23.2. The molecule has 21 heavy (non-hydrogen) atoms. The monoisotopic (exact) mass is 308 g/mol. The summed E-state index contributed by atoms with van der Waals surface area (Å²) < 4.78 is 1.84. The lowest BCUT2D eigenvalue weighted by Gasteiger charge is -2.15. The number of aromatic nitrogens is 2. The number of aliphatic hydroxyl groups is 1. The van der Waals surface area contributed by atoms with E-state index in [9.17, 15) is 9.90 Å². The average molecular weight is 308 g/mol. The molecule has 3 N–H and O–H groups in total. The number of carbonyl (C=O) groups excluding carboxylic acids is 1. The van der Waals surface area contributed by atoms with Crippen LogP contribution in [0.5, 0.6) is 0 Å². The van der Waals surface area contributed by atoms with Crippen LogP contribution in [0.15, 0.2) is 35.3 Å². The van der Waals surface area contributed by atoms with Crippen molar-refractivity contribution in [2.75, 3.05) is 13.1 Å². The van der Waals surface area contributed by atoms with Gasteiger partial charge in [-0.25, -0.2) is 4.79 Å². The third-order valence-corrected chi connectivity index (χ3v) is 3.75. The maximum Gasteiger partial charge on any atom is 0.314 e. The van der Waals surface area contributed by atoms with Crippen LogP contribution in [-0.2, 0) is 6.54 Å². The van der Waals surface area contributed by atoms with E-state index in [0.29, 0.717) is 6.54 Å². The van der Waals surface area contributed by atoms with Crippen LogP contribution < -0.4 is 10.6 Å². The molecule has 0 radical (unpaired) electrons.